The van der Waals surface area contributed by atoms with Gasteiger partial charge in [-0.2, -0.15) is 0 Å². The summed E-state index contributed by atoms with van der Waals surface area (Å²) < 4.78 is 0. The second-order valence-electron chi connectivity index (χ2n) is 21.7. The minimum atomic E-state index is -0.312. The molecule has 6 bridgehead atoms. The van der Waals surface area contributed by atoms with Gasteiger partial charge in [0.05, 0.1) is 22.7 Å². The van der Waals surface area contributed by atoms with Crippen LogP contribution in [0.15, 0.2) is 206 Å². The van der Waals surface area contributed by atoms with Crippen LogP contribution in [0.25, 0.3) is 60.1 Å². The second-order valence-corrected chi connectivity index (χ2v) is 21.7. The van der Waals surface area contributed by atoms with Gasteiger partial charge in [-0.3, -0.25) is 0 Å². The molecule has 2 aliphatic carbocycles. The summed E-state index contributed by atoms with van der Waals surface area (Å²) in [6, 6.07) is 72.7. The minimum absolute atomic E-state index is 0.157. The van der Waals surface area contributed by atoms with E-state index < -0.39 is 0 Å². The number of fused-ring (bicyclic) bond motifs is 15. The smallest absolute Gasteiger partial charge is 0.0505 e. The molecular formula is C68H52N2. The van der Waals surface area contributed by atoms with Crippen LogP contribution in [-0.4, -0.2) is 0 Å². The molecule has 10 aromatic carbocycles. The van der Waals surface area contributed by atoms with E-state index in [1.54, 1.807) is 0 Å². The maximum absolute atomic E-state index is 2.59. The zero-order valence-corrected chi connectivity index (χ0v) is 40.4. The van der Waals surface area contributed by atoms with Crippen LogP contribution in [-0.2, 0) is 16.2 Å². The van der Waals surface area contributed by atoms with E-state index in [1.165, 1.54) is 133 Å². The number of benzene rings is 10. The zero-order chi connectivity index (χ0) is 46.8. The van der Waals surface area contributed by atoms with Crippen LogP contribution in [0.5, 0.6) is 0 Å². The summed E-state index contributed by atoms with van der Waals surface area (Å²) >= 11 is 0. The van der Waals surface area contributed by atoms with E-state index in [1.807, 2.05) is 0 Å². The molecule has 3 aliphatic heterocycles. The van der Waals surface area contributed by atoms with Crippen LogP contribution in [0.2, 0.25) is 0 Å². The molecule has 0 radical (unpaired) electrons. The summed E-state index contributed by atoms with van der Waals surface area (Å²) in [4.78, 5) is 5.11. The average molecular weight is 897 g/mol. The van der Waals surface area contributed by atoms with Crippen LogP contribution in [0.4, 0.5) is 34.1 Å². The molecule has 0 amide bonds. The van der Waals surface area contributed by atoms with E-state index in [0.717, 1.165) is 18.5 Å². The first-order chi connectivity index (χ1) is 34.1. The third kappa shape index (κ3) is 5.08. The van der Waals surface area contributed by atoms with Gasteiger partial charge in [0.1, 0.15) is 0 Å². The molecule has 0 N–H and O–H groups in total. The highest BCUT2D eigenvalue weighted by molar-refractivity contribution is 6.25. The number of hydrogen-bond acceptors (Lipinski definition) is 2. The van der Waals surface area contributed by atoms with Crippen LogP contribution < -0.4 is 9.80 Å². The lowest BCUT2D eigenvalue weighted by Crippen LogP contribution is -2.32. The molecule has 1 atom stereocenters. The number of anilines is 6. The van der Waals surface area contributed by atoms with Crippen molar-refractivity contribution >= 4 is 72.0 Å². The molecule has 5 aliphatic rings. The van der Waals surface area contributed by atoms with Crippen LogP contribution in [0.3, 0.4) is 0 Å². The SMILES string of the molecule is CC1(C)c2ccccc2N(c2ccc3c4c5cc(ccc5c(-c5cccc6ccccc56)c3c2)N2c3ccccc3C(C)(C)c3ccc(cc32)C2(C)C3=C(C=CCC3)c3ccc-4cc32)c2ccccc21. The first-order valence-corrected chi connectivity index (χ1v) is 25.2. The maximum atomic E-state index is 2.59. The van der Waals surface area contributed by atoms with Crippen molar-refractivity contribution < 1.29 is 0 Å². The largest absolute Gasteiger partial charge is 0.310 e. The van der Waals surface area contributed by atoms with Gasteiger partial charge in [0, 0.05) is 27.6 Å². The Morgan fingerprint density at radius 2 is 0.971 bits per heavy atom. The van der Waals surface area contributed by atoms with E-state index in [0.29, 0.717) is 0 Å². The second kappa shape index (κ2) is 13.9. The van der Waals surface area contributed by atoms with Crippen molar-refractivity contribution in [3.63, 3.8) is 0 Å². The molecule has 0 saturated heterocycles. The van der Waals surface area contributed by atoms with Crippen molar-refractivity contribution in [3.8, 4) is 22.3 Å². The van der Waals surface area contributed by atoms with Gasteiger partial charge >= 0.3 is 0 Å². The third-order valence-electron chi connectivity index (χ3n) is 17.5. The first kappa shape index (κ1) is 40.0. The molecule has 15 rings (SSSR count). The summed E-state index contributed by atoms with van der Waals surface area (Å²) in [5.41, 5.74) is 24.1. The topological polar surface area (TPSA) is 6.48 Å². The van der Waals surface area contributed by atoms with Crippen LogP contribution >= 0.6 is 0 Å². The van der Waals surface area contributed by atoms with Crippen molar-refractivity contribution in [2.24, 2.45) is 0 Å². The minimum Gasteiger partial charge on any atom is -0.310 e. The van der Waals surface area contributed by atoms with Gasteiger partial charge < -0.3 is 9.80 Å². The average Bonchev–Trinajstić information content (AvgIpc) is 3.65. The normalized spacial score (nSPS) is 18.4. The van der Waals surface area contributed by atoms with E-state index in [-0.39, 0.29) is 16.2 Å². The predicted octanol–water partition coefficient (Wildman–Crippen LogP) is 18.4. The van der Waals surface area contributed by atoms with Gasteiger partial charge in [0.15, 0.2) is 0 Å². The fraction of sp³-hybridized carbons (Fsp3) is 0.147. The Balaban J connectivity index is 1.11. The molecule has 0 saturated carbocycles. The lowest BCUT2D eigenvalue weighted by Gasteiger charge is -2.43. The van der Waals surface area contributed by atoms with Gasteiger partial charge in [0.25, 0.3) is 0 Å². The molecular weight excluding hydrogens is 845 g/mol. The molecule has 1 unspecified atom stereocenters. The molecule has 0 spiro atoms. The molecule has 3 heterocycles. The Morgan fingerprint density at radius 3 is 1.66 bits per heavy atom. The quantitative estimate of drug-likeness (QED) is 0.160. The molecule has 10 aromatic rings. The van der Waals surface area contributed by atoms with Crippen LogP contribution in [0.1, 0.15) is 86.4 Å². The fourth-order valence-corrected chi connectivity index (χ4v) is 14.1. The van der Waals surface area contributed by atoms with Crippen molar-refractivity contribution in [2.75, 3.05) is 9.80 Å². The van der Waals surface area contributed by atoms with Crippen molar-refractivity contribution in [1.82, 2.24) is 0 Å². The Bertz CT molecular complexity index is 3990. The summed E-state index contributed by atoms with van der Waals surface area (Å²) in [6.07, 6.45) is 6.91. The molecule has 2 heteroatoms. The Morgan fingerprint density at radius 1 is 0.400 bits per heavy atom. The molecule has 2 nitrogen and oxygen atoms in total. The van der Waals surface area contributed by atoms with Gasteiger partial charge in [-0.15, -0.1) is 0 Å². The number of rotatable bonds is 2. The predicted molar refractivity (Wildman–Crippen MR) is 295 cm³/mol. The third-order valence-corrected chi connectivity index (χ3v) is 17.5. The van der Waals surface area contributed by atoms with Crippen molar-refractivity contribution in [2.45, 2.75) is 63.7 Å². The van der Waals surface area contributed by atoms with Gasteiger partial charge in [-0.1, -0.05) is 173 Å². The zero-order valence-electron chi connectivity index (χ0n) is 40.4. The Hall–Kier alpha value is -7.94. The summed E-state index contributed by atoms with van der Waals surface area (Å²) in [5.74, 6) is 0. The fourth-order valence-electron chi connectivity index (χ4n) is 14.1. The monoisotopic (exact) mass is 896 g/mol. The van der Waals surface area contributed by atoms with Crippen molar-refractivity contribution in [3.05, 3.63) is 245 Å². The van der Waals surface area contributed by atoms with Gasteiger partial charge in [0.2, 0.25) is 0 Å². The number of hydrogen-bond donors (Lipinski definition) is 0. The summed E-state index contributed by atoms with van der Waals surface area (Å²) in [7, 11) is 0. The number of allylic oxidation sites excluding steroid dienone is 4. The lowest BCUT2D eigenvalue weighted by molar-refractivity contribution is 0.624. The maximum Gasteiger partial charge on any atom is 0.0505 e. The van der Waals surface area contributed by atoms with Crippen molar-refractivity contribution in [1.29, 1.82) is 0 Å². The highest BCUT2D eigenvalue weighted by atomic mass is 15.2. The molecule has 70 heavy (non-hydrogen) atoms. The lowest BCUT2D eigenvalue weighted by atomic mass is 9.68. The van der Waals surface area contributed by atoms with E-state index in [2.05, 4.69) is 245 Å². The highest BCUT2D eigenvalue weighted by Gasteiger charge is 2.45. The van der Waals surface area contributed by atoms with E-state index in [9.17, 15) is 0 Å². The van der Waals surface area contributed by atoms with Gasteiger partial charge in [-0.05, 0) is 179 Å². The van der Waals surface area contributed by atoms with E-state index in [4.69, 9.17) is 0 Å². The molecule has 0 fully saturated rings. The summed E-state index contributed by atoms with van der Waals surface area (Å²) in [6.45, 7) is 12.1. The van der Waals surface area contributed by atoms with Crippen LogP contribution in [0, 0.1) is 0 Å². The number of nitrogens with zero attached hydrogens (tertiary/aromatic N) is 2. The Kier molecular flexibility index (Phi) is 7.92. The molecule has 0 aromatic heterocycles. The van der Waals surface area contributed by atoms with Gasteiger partial charge in [-0.25, -0.2) is 0 Å². The standard InChI is InChI=1S/C68H52N2/c1-66(2)55-23-10-13-26-60(55)69(61-27-14-11-24-56(61)66)44-31-34-50-53(40-44)65(49-21-16-18-41-17-6-7-19-46(41)49)51-35-32-45-39-52(51)64(50)42-29-33-48-47-20-8-9-22-54(47)68(5,59(48)37-42)43-30-36-58-63(38-43)70(45)62-28-15-12-25-57(62)67(58,3)4/h6-8,10-21,23-40H,9,22H2,1-5H3. The molecule has 334 valence electrons. The Labute approximate surface area is 410 Å². The first-order valence-electron chi connectivity index (χ1n) is 25.2. The highest BCUT2D eigenvalue weighted by Crippen LogP contribution is 2.60. The van der Waals surface area contributed by atoms with E-state index >= 15 is 0 Å². The summed E-state index contributed by atoms with van der Waals surface area (Å²) in [5, 5.41) is 7.51. The number of para-hydroxylation sites is 3.